The van der Waals surface area contributed by atoms with Crippen molar-refractivity contribution in [3.63, 3.8) is 0 Å². The summed E-state index contributed by atoms with van der Waals surface area (Å²) in [5.74, 6) is 1.12. The van der Waals surface area contributed by atoms with Gasteiger partial charge in [-0.05, 0) is 20.8 Å². The van der Waals surface area contributed by atoms with Gasteiger partial charge in [0, 0.05) is 6.04 Å². The highest BCUT2D eigenvalue weighted by Crippen LogP contribution is 2.21. The summed E-state index contributed by atoms with van der Waals surface area (Å²) in [5, 5.41) is 2.72. The average molecular weight is 236 g/mol. The van der Waals surface area contributed by atoms with Crippen LogP contribution in [0.1, 0.15) is 30.7 Å². The number of aromatic nitrogens is 1. The molecule has 0 bridgehead atoms. The van der Waals surface area contributed by atoms with Gasteiger partial charge in [0.1, 0.15) is 5.76 Å². The monoisotopic (exact) mass is 236 g/mol. The Balaban J connectivity index is 2.40. The van der Waals surface area contributed by atoms with Crippen molar-refractivity contribution >= 4 is 0 Å². The molecule has 1 aromatic rings. The lowest BCUT2D eigenvalue weighted by atomic mass is 10.2. The van der Waals surface area contributed by atoms with E-state index in [1.807, 2.05) is 0 Å². The fourth-order valence-corrected chi connectivity index (χ4v) is 1.30. The largest absolute Gasteiger partial charge is 0.444 e. The first-order chi connectivity index (χ1) is 7.28. The number of nitrogens with zero attached hydrogens (tertiary/aromatic N) is 1. The Hall–Kier alpha value is -1.04. The topological polar surface area (TPSA) is 38.1 Å². The molecule has 0 radical (unpaired) electrons. The number of rotatable bonds is 4. The zero-order valence-electron chi connectivity index (χ0n) is 9.48. The Morgan fingerprint density at radius 3 is 2.44 bits per heavy atom. The van der Waals surface area contributed by atoms with Crippen molar-refractivity contribution in [3.8, 4) is 0 Å². The van der Waals surface area contributed by atoms with Gasteiger partial charge in [-0.1, -0.05) is 0 Å². The molecule has 16 heavy (non-hydrogen) atoms. The van der Waals surface area contributed by atoms with E-state index in [-0.39, 0.29) is 6.54 Å². The van der Waals surface area contributed by atoms with Gasteiger partial charge in [0.05, 0.1) is 18.7 Å². The molecule has 0 aliphatic rings. The average Bonchev–Trinajstić information content (AvgIpc) is 2.40. The number of halogens is 3. The molecule has 92 valence electrons. The van der Waals surface area contributed by atoms with E-state index in [4.69, 9.17) is 4.42 Å². The summed E-state index contributed by atoms with van der Waals surface area (Å²) in [6, 6.07) is -0.646. The maximum atomic E-state index is 12.0. The maximum Gasteiger partial charge on any atom is 0.390 e. The lowest BCUT2D eigenvalue weighted by molar-refractivity contribution is -0.139. The third-order valence-electron chi connectivity index (χ3n) is 2.21. The summed E-state index contributed by atoms with van der Waals surface area (Å²) >= 11 is 0. The van der Waals surface area contributed by atoms with Crippen LogP contribution in [0.3, 0.4) is 0 Å². The van der Waals surface area contributed by atoms with Crippen LogP contribution in [0, 0.1) is 13.8 Å². The van der Waals surface area contributed by atoms with Gasteiger partial charge in [0.25, 0.3) is 0 Å². The van der Waals surface area contributed by atoms with Crippen molar-refractivity contribution in [1.82, 2.24) is 10.3 Å². The van der Waals surface area contributed by atoms with Crippen LogP contribution in [0.4, 0.5) is 13.2 Å². The van der Waals surface area contributed by atoms with Crippen LogP contribution in [-0.2, 0) is 6.54 Å². The van der Waals surface area contributed by atoms with Crippen LogP contribution in [0.25, 0.3) is 0 Å². The minimum atomic E-state index is -4.14. The second kappa shape index (κ2) is 4.86. The van der Waals surface area contributed by atoms with Crippen molar-refractivity contribution < 1.29 is 17.6 Å². The summed E-state index contributed by atoms with van der Waals surface area (Å²) in [4.78, 5) is 4.07. The molecule has 0 fully saturated rings. The third-order valence-corrected chi connectivity index (χ3v) is 2.21. The summed E-state index contributed by atoms with van der Waals surface area (Å²) in [5.41, 5.74) is 0.764. The number of nitrogens with one attached hydrogen (secondary N) is 1. The predicted molar refractivity (Wildman–Crippen MR) is 53.0 cm³/mol. The van der Waals surface area contributed by atoms with E-state index in [2.05, 4.69) is 10.3 Å². The minimum Gasteiger partial charge on any atom is -0.444 e. The first kappa shape index (κ1) is 13.0. The van der Waals surface area contributed by atoms with Gasteiger partial charge in [-0.15, -0.1) is 0 Å². The molecular formula is C10H15F3N2O. The first-order valence-corrected chi connectivity index (χ1v) is 5.01. The van der Waals surface area contributed by atoms with Crippen molar-refractivity contribution in [2.75, 3.05) is 0 Å². The van der Waals surface area contributed by atoms with Crippen LogP contribution < -0.4 is 5.32 Å². The highest BCUT2D eigenvalue weighted by molar-refractivity contribution is 5.05. The van der Waals surface area contributed by atoms with E-state index in [1.54, 1.807) is 13.8 Å². The highest BCUT2D eigenvalue weighted by atomic mass is 19.4. The van der Waals surface area contributed by atoms with Crippen LogP contribution in [0.5, 0.6) is 0 Å². The highest BCUT2D eigenvalue weighted by Gasteiger charge is 2.29. The van der Waals surface area contributed by atoms with Gasteiger partial charge in [0.2, 0.25) is 5.89 Å². The van der Waals surface area contributed by atoms with Crippen molar-refractivity contribution in [2.24, 2.45) is 0 Å². The van der Waals surface area contributed by atoms with Gasteiger partial charge in [-0.2, -0.15) is 13.2 Å². The number of oxazole rings is 1. The predicted octanol–water partition coefficient (Wildman–Crippen LogP) is 2.72. The van der Waals surface area contributed by atoms with Gasteiger partial charge in [-0.3, -0.25) is 0 Å². The number of hydrogen-bond acceptors (Lipinski definition) is 3. The summed E-state index contributed by atoms with van der Waals surface area (Å²) in [6.45, 7) is 5.26. The lowest BCUT2D eigenvalue weighted by Crippen LogP contribution is -2.30. The molecule has 0 amide bonds. The molecule has 1 rings (SSSR count). The second-order valence-electron chi connectivity index (χ2n) is 3.85. The molecule has 1 unspecified atom stereocenters. The fraction of sp³-hybridized carbons (Fsp3) is 0.700. The third kappa shape index (κ3) is 4.22. The van der Waals surface area contributed by atoms with Crippen LogP contribution >= 0.6 is 0 Å². The Kier molecular flexibility index (Phi) is 3.96. The normalized spacial score (nSPS) is 14.1. The molecule has 0 saturated heterocycles. The Morgan fingerprint density at radius 2 is 2.00 bits per heavy atom. The number of alkyl halides is 3. The molecule has 0 spiro atoms. The summed E-state index contributed by atoms with van der Waals surface area (Å²) in [6.07, 6.45) is -5.00. The van der Waals surface area contributed by atoms with Crippen LogP contribution in [0.2, 0.25) is 0 Å². The zero-order chi connectivity index (χ0) is 12.3. The van der Waals surface area contributed by atoms with Gasteiger partial charge in [0.15, 0.2) is 0 Å². The fourth-order valence-electron chi connectivity index (χ4n) is 1.30. The molecule has 1 aromatic heterocycles. The molecule has 0 saturated carbocycles. The zero-order valence-corrected chi connectivity index (χ0v) is 9.48. The molecule has 1 heterocycles. The van der Waals surface area contributed by atoms with E-state index in [1.165, 1.54) is 6.92 Å². The lowest BCUT2D eigenvalue weighted by Gasteiger charge is -2.14. The standard InChI is InChI=1S/C10H15F3N2O/c1-6(4-10(11,12)13)14-5-9-15-7(2)8(3)16-9/h6,14H,4-5H2,1-3H3. The molecule has 1 atom stereocenters. The molecule has 1 N–H and O–H groups in total. The smallest absolute Gasteiger partial charge is 0.390 e. The van der Waals surface area contributed by atoms with Crippen LogP contribution in [-0.4, -0.2) is 17.2 Å². The van der Waals surface area contributed by atoms with Crippen molar-refractivity contribution in [3.05, 3.63) is 17.3 Å². The van der Waals surface area contributed by atoms with E-state index in [9.17, 15) is 13.2 Å². The Morgan fingerprint density at radius 1 is 1.38 bits per heavy atom. The van der Waals surface area contributed by atoms with E-state index < -0.39 is 18.6 Å². The Labute approximate surface area is 92.0 Å². The summed E-state index contributed by atoms with van der Waals surface area (Å²) < 4.78 is 41.3. The van der Waals surface area contributed by atoms with Crippen molar-refractivity contribution in [1.29, 1.82) is 0 Å². The molecule has 3 nitrogen and oxygen atoms in total. The van der Waals surface area contributed by atoms with Crippen LogP contribution in [0.15, 0.2) is 4.42 Å². The second-order valence-corrected chi connectivity index (χ2v) is 3.85. The van der Waals surface area contributed by atoms with E-state index >= 15 is 0 Å². The molecule has 0 aromatic carbocycles. The first-order valence-electron chi connectivity index (χ1n) is 5.01. The van der Waals surface area contributed by atoms with Gasteiger partial charge < -0.3 is 9.73 Å². The van der Waals surface area contributed by atoms with E-state index in [0.29, 0.717) is 11.7 Å². The molecular weight excluding hydrogens is 221 g/mol. The van der Waals surface area contributed by atoms with Gasteiger partial charge in [-0.25, -0.2) is 4.98 Å². The summed E-state index contributed by atoms with van der Waals surface area (Å²) in [7, 11) is 0. The molecule has 0 aliphatic carbocycles. The quantitative estimate of drug-likeness (QED) is 0.873. The number of hydrogen-bond donors (Lipinski definition) is 1. The molecule has 0 aliphatic heterocycles. The van der Waals surface area contributed by atoms with Gasteiger partial charge >= 0.3 is 6.18 Å². The maximum absolute atomic E-state index is 12.0. The molecule has 6 heteroatoms. The van der Waals surface area contributed by atoms with Crippen molar-refractivity contribution in [2.45, 2.75) is 46.0 Å². The van der Waals surface area contributed by atoms with E-state index in [0.717, 1.165) is 5.69 Å². The Bertz CT molecular complexity index is 327. The minimum absolute atomic E-state index is 0.214. The SMILES string of the molecule is Cc1nc(CNC(C)CC(F)(F)F)oc1C. The number of aryl methyl sites for hydroxylation is 2.